The fourth-order valence-corrected chi connectivity index (χ4v) is 3.07. The third-order valence-corrected chi connectivity index (χ3v) is 4.28. The molecule has 2 heterocycles. The molecule has 0 aliphatic carbocycles. The van der Waals surface area contributed by atoms with Gasteiger partial charge in [0.2, 0.25) is 5.91 Å². The lowest BCUT2D eigenvalue weighted by molar-refractivity contribution is -0.118. The number of hydrogen-bond acceptors (Lipinski definition) is 6. The maximum atomic E-state index is 12.0. The van der Waals surface area contributed by atoms with Gasteiger partial charge in [-0.2, -0.15) is 5.10 Å². The van der Waals surface area contributed by atoms with Crippen LogP contribution in [0.3, 0.4) is 0 Å². The summed E-state index contributed by atoms with van der Waals surface area (Å²) in [6, 6.07) is 11.2. The van der Waals surface area contributed by atoms with E-state index in [0.29, 0.717) is 17.3 Å². The lowest BCUT2D eigenvalue weighted by Gasteiger charge is -2.07. The maximum Gasteiger partial charge on any atom is 0.239 e. The topological polar surface area (TPSA) is 76.2 Å². The average molecular weight is 329 g/mol. The number of ether oxygens (including phenoxy) is 1. The van der Waals surface area contributed by atoms with Crippen molar-refractivity contribution in [3.8, 4) is 5.75 Å². The summed E-state index contributed by atoms with van der Waals surface area (Å²) >= 11 is 1.37. The number of amides is 1. The number of benzene rings is 1. The van der Waals surface area contributed by atoms with E-state index in [2.05, 4.69) is 15.5 Å². The number of thioether (sulfide) groups is 1. The molecule has 23 heavy (non-hydrogen) atoms. The SMILES string of the molecule is COc1cccc(CC2S/C(=N/N=Cc3ccco3)NC2=O)c1. The van der Waals surface area contributed by atoms with Crippen LogP contribution in [0.5, 0.6) is 5.75 Å². The molecule has 1 aliphatic heterocycles. The number of nitrogens with zero attached hydrogens (tertiary/aromatic N) is 2. The second kappa shape index (κ2) is 7.15. The van der Waals surface area contributed by atoms with Gasteiger partial charge in [0.15, 0.2) is 5.17 Å². The molecule has 0 bridgehead atoms. The predicted octanol–water partition coefficient (Wildman–Crippen LogP) is 2.45. The Kier molecular flexibility index (Phi) is 4.77. The molecule has 0 spiro atoms. The largest absolute Gasteiger partial charge is 0.497 e. The van der Waals surface area contributed by atoms with E-state index < -0.39 is 0 Å². The summed E-state index contributed by atoms with van der Waals surface area (Å²) in [6.45, 7) is 0. The summed E-state index contributed by atoms with van der Waals surface area (Å²) in [5.41, 5.74) is 1.04. The van der Waals surface area contributed by atoms with Crippen molar-refractivity contribution in [2.24, 2.45) is 10.2 Å². The van der Waals surface area contributed by atoms with Gasteiger partial charge >= 0.3 is 0 Å². The Balaban J connectivity index is 1.63. The molecule has 1 fully saturated rings. The van der Waals surface area contributed by atoms with Crippen LogP contribution in [-0.2, 0) is 11.2 Å². The second-order valence-corrected chi connectivity index (χ2v) is 6.01. The summed E-state index contributed by atoms with van der Waals surface area (Å²) < 4.78 is 10.3. The zero-order valence-electron chi connectivity index (χ0n) is 12.4. The molecular weight excluding hydrogens is 314 g/mol. The Labute approximate surface area is 137 Å². The summed E-state index contributed by atoms with van der Waals surface area (Å²) in [7, 11) is 1.62. The van der Waals surface area contributed by atoms with Gasteiger partial charge in [0, 0.05) is 0 Å². The predicted molar refractivity (Wildman–Crippen MR) is 90.0 cm³/mol. The van der Waals surface area contributed by atoms with Crippen LogP contribution in [0, 0.1) is 0 Å². The molecule has 1 aromatic carbocycles. The molecule has 1 N–H and O–H groups in total. The highest BCUT2D eigenvalue weighted by Crippen LogP contribution is 2.24. The summed E-state index contributed by atoms with van der Waals surface area (Å²) in [5.74, 6) is 1.32. The highest BCUT2D eigenvalue weighted by Gasteiger charge is 2.30. The number of furan rings is 1. The Morgan fingerprint density at radius 3 is 3.09 bits per heavy atom. The molecule has 7 heteroatoms. The van der Waals surface area contributed by atoms with Crippen molar-refractivity contribution in [1.29, 1.82) is 0 Å². The highest BCUT2D eigenvalue weighted by atomic mass is 32.2. The van der Waals surface area contributed by atoms with Gasteiger partial charge in [-0.05, 0) is 36.2 Å². The number of rotatable bonds is 5. The Morgan fingerprint density at radius 1 is 1.39 bits per heavy atom. The van der Waals surface area contributed by atoms with E-state index in [4.69, 9.17) is 9.15 Å². The lowest BCUT2D eigenvalue weighted by Crippen LogP contribution is -2.25. The Hall–Kier alpha value is -2.54. The van der Waals surface area contributed by atoms with E-state index >= 15 is 0 Å². The first kappa shape index (κ1) is 15.4. The molecule has 3 rings (SSSR count). The van der Waals surface area contributed by atoms with Gasteiger partial charge in [-0.15, -0.1) is 5.10 Å². The standard InChI is InChI=1S/C16H15N3O3S/c1-21-12-5-2-4-11(8-12)9-14-15(20)18-16(23-14)19-17-10-13-6-3-7-22-13/h2-8,10,14H,9H2,1H3,(H,18,19,20). The van der Waals surface area contributed by atoms with E-state index in [0.717, 1.165) is 11.3 Å². The fourth-order valence-electron chi connectivity index (χ4n) is 2.10. The molecule has 1 aromatic heterocycles. The third-order valence-electron chi connectivity index (χ3n) is 3.21. The van der Waals surface area contributed by atoms with Crippen LogP contribution in [0.1, 0.15) is 11.3 Å². The molecule has 1 atom stereocenters. The number of hydrogen-bond donors (Lipinski definition) is 1. The summed E-state index contributed by atoms with van der Waals surface area (Å²) in [5, 5.41) is 10.9. The zero-order chi connectivity index (χ0) is 16.1. The summed E-state index contributed by atoms with van der Waals surface area (Å²) in [6.07, 6.45) is 3.66. The normalized spacial score (nSPS) is 19.4. The molecule has 0 saturated carbocycles. The van der Waals surface area contributed by atoms with E-state index in [1.54, 1.807) is 25.5 Å². The van der Waals surface area contributed by atoms with Gasteiger partial charge in [0.05, 0.1) is 24.8 Å². The van der Waals surface area contributed by atoms with Crippen molar-refractivity contribution >= 4 is 29.1 Å². The van der Waals surface area contributed by atoms with E-state index in [1.807, 2.05) is 24.3 Å². The zero-order valence-corrected chi connectivity index (χ0v) is 13.2. The highest BCUT2D eigenvalue weighted by molar-refractivity contribution is 8.15. The van der Waals surface area contributed by atoms with Crippen molar-refractivity contribution in [3.05, 3.63) is 54.0 Å². The van der Waals surface area contributed by atoms with Crippen molar-refractivity contribution in [3.63, 3.8) is 0 Å². The van der Waals surface area contributed by atoms with Gasteiger partial charge in [-0.1, -0.05) is 23.9 Å². The minimum Gasteiger partial charge on any atom is -0.497 e. The molecule has 2 aromatic rings. The molecule has 1 saturated heterocycles. The minimum absolute atomic E-state index is 0.0650. The number of methoxy groups -OCH3 is 1. The van der Waals surface area contributed by atoms with Gasteiger partial charge in [-0.3, -0.25) is 4.79 Å². The van der Waals surface area contributed by atoms with E-state index in [-0.39, 0.29) is 11.2 Å². The van der Waals surface area contributed by atoms with Gasteiger partial charge in [0.25, 0.3) is 0 Å². The molecule has 118 valence electrons. The number of amidine groups is 1. The number of carbonyl (C=O) groups is 1. The quantitative estimate of drug-likeness (QED) is 0.675. The first-order valence-corrected chi connectivity index (χ1v) is 7.87. The van der Waals surface area contributed by atoms with Crippen LogP contribution in [-0.4, -0.2) is 29.6 Å². The second-order valence-electron chi connectivity index (χ2n) is 4.82. The van der Waals surface area contributed by atoms with Crippen molar-refractivity contribution in [2.45, 2.75) is 11.7 Å². The van der Waals surface area contributed by atoms with Crippen molar-refractivity contribution < 1.29 is 13.9 Å². The van der Waals surface area contributed by atoms with Crippen LogP contribution in [0.25, 0.3) is 0 Å². The fraction of sp³-hybridized carbons (Fsp3) is 0.188. The van der Waals surface area contributed by atoms with Gasteiger partial charge in [0.1, 0.15) is 11.5 Å². The summed E-state index contributed by atoms with van der Waals surface area (Å²) in [4.78, 5) is 12.0. The van der Waals surface area contributed by atoms with Crippen LogP contribution in [0.2, 0.25) is 0 Å². The van der Waals surface area contributed by atoms with Crippen LogP contribution < -0.4 is 10.1 Å². The van der Waals surface area contributed by atoms with E-state index in [9.17, 15) is 4.79 Å². The van der Waals surface area contributed by atoms with Crippen molar-refractivity contribution in [1.82, 2.24) is 5.32 Å². The monoisotopic (exact) mass is 329 g/mol. The maximum absolute atomic E-state index is 12.0. The first-order chi connectivity index (χ1) is 11.2. The molecule has 6 nitrogen and oxygen atoms in total. The lowest BCUT2D eigenvalue weighted by atomic mass is 10.1. The molecule has 1 amide bonds. The number of carbonyl (C=O) groups excluding carboxylic acids is 1. The Morgan fingerprint density at radius 2 is 2.30 bits per heavy atom. The minimum atomic E-state index is -0.223. The third kappa shape index (κ3) is 4.01. The molecule has 0 radical (unpaired) electrons. The van der Waals surface area contributed by atoms with Gasteiger partial charge in [-0.25, -0.2) is 0 Å². The van der Waals surface area contributed by atoms with Crippen LogP contribution in [0.4, 0.5) is 0 Å². The van der Waals surface area contributed by atoms with E-state index in [1.165, 1.54) is 18.0 Å². The smallest absolute Gasteiger partial charge is 0.239 e. The Bertz CT molecular complexity index is 741. The molecular formula is C16H15N3O3S. The first-order valence-electron chi connectivity index (χ1n) is 6.99. The number of nitrogens with one attached hydrogen (secondary N) is 1. The molecule has 1 unspecified atom stereocenters. The van der Waals surface area contributed by atoms with Crippen LogP contribution >= 0.6 is 11.8 Å². The molecule has 1 aliphatic rings. The van der Waals surface area contributed by atoms with Crippen LogP contribution in [0.15, 0.2) is 57.3 Å². The van der Waals surface area contributed by atoms with Gasteiger partial charge < -0.3 is 14.5 Å². The average Bonchev–Trinajstić information content (AvgIpc) is 3.18. The van der Waals surface area contributed by atoms with Crippen molar-refractivity contribution in [2.75, 3.05) is 7.11 Å².